The zero-order valence-corrected chi connectivity index (χ0v) is 16.0. The number of fused-ring (bicyclic) bond motifs is 1. The molecule has 0 radical (unpaired) electrons. The number of Topliss-reactive ketones (excluding diaryl/α,β-unsaturated/α-hetero) is 1. The van der Waals surface area contributed by atoms with Gasteiger partial charge in [0.2, 0.25) is 11.5 Å². The second-order valence-corrected chi connectivity index (χ2v) is 5.87. The Morgan fingerprint density at radius 1 is 0.815 bits per heavy atom. The van der Waals surface area contributed by atoms with Crippen molar-refractivity contribution < 1.29 is 33.2 Å². The Hall–Kier alpha value is -3.09. The predicted molar refractivity (Wildman–Crippen MR) is 98.0 cm³/mol. The van der Waals surface area contributed by atoms with Crippen molar-refractivity contribution in [3.63, 3.8) is 0 Å². The fourth-order valence-electron chi connectivity index (χ4n) is 3.17. The Labute approximate surface area is 157 Å². The molecule has 3 rings (SSSR count). The first kappa shape index (κ1) is 18.7. The highest BCUT2D eigenvalue weighted by Gasteiger charge is 2.32. The van der Waals surface area contributed by atoms with Gasteiger partial charge in [-0.05, 0) is 24.3 Å². The van der Waals surface area contributed by atoms with Crippen LogP contribution in [-0.2, 0) is 0 Å². The van der Waals surface area contributed by atoms with Gasteiger partial charge in [-0.15, -0.1) is 0 Å². The summed E-state index contributed by atoms with van der Waals surface area (Å²) in [5, 5.41) is 0. The molecule has 144 valence electrons. The van der Waals surface area contributed by atoms with Gasteiger partial charge in [-0.3, -0.25) is 4.79 Å². The van der Waals surface area contributed by atoms with Gasteiger partial charge in [0.05, 0.1) is 47.5 Å². The topological polar surface area (TPSA) is 72.5 Å². The minimum Gasteiger partial charge on any atom is -0.493 e. The summed E-state index contributed by atoms with van der Waals surface area (Å²) >= 11 is 0. The van der Waals surface area contributed by atoms with Gasteiger partial charge in [0, 0.05) is 5.56 Å². The van der Waals surface area contributed by atoms with Crippen LogP contribution >= 0.6 is 0 Å². The quantitative estimate of drug-likeness (QED) is 0.767. The number of rotatable bonds is 6. The predicted octanol–water partition coefficient (Wildman–Crippen LogP) is 3.44. The highest BCUT2D eigenvalue weighted by atomic mass is 16.5. The SMILES string of the molecule is COc1cc(C2CC(=O)c3ccc(OC)c(OC)c3O2)cc(OC)c1OC. The van der Waals surface area contributed by atoms with Crippen molar-refractivity contribution in [2.45, 2.75) is 12.5 Å². The zero-order valence-electron chi connectivity index (χ0n) is 16.0. The normalized spacial score (nSPS) is 15.4. The lowest BCUT2D eigenvalue weighted by molar-refractivity contribution is 0.0840. The van der Waals surface area contributed by atoms with E-state index in [-0.39, 0.29) is 12.2 Å². The van der Waals surface area contributed by atoms with E-state index in [4.69, 9.17) is 28.4 Å². The Kier molecular flexibility index (Phi) is 5.30. The highest BCUT2D eigenvalue weighted by molar-refractivity contribution is 6.01. The van der Waals surface area contributed by atoms with Crippen molar-refractivity contribution in [1.29, 1.82) is 0 Å². The van der Waals surface area contributed by atoms with Crippen LogP contribution in [0.5, 0.6) is 34.5 Å². The van der Waals surface area contributed by atoms with E-state index in [1.807, 2.05) is 0 Å². The summed E-state index contributed by atoms with van der Waals surface area (Å²) in [7, 11) is 7.66. The molecular weight excluding hydrogens is 352 g/mol. The molecule has 27 heavy (non-hydrogen) atoms. The standard InChI is InChI=1S/C20H22O7/c1-22-14-7-6-12-13(21)10-15(27-18(12)20(14)26-5)11-8-16(23-2)19(25-4)17(9-11)24-3/h6-9,15H,10H2,1-5H3. The molecule has 1 aliphatic heterocycles. The molecule has 1 atom stereocenters. The van der Waals surface area contributed by atoms with Crippen molar-refractivity contribution in [3.05, 3.63) is 35.4 Å². The fraction of sp³-hybridized carbons (Fsp3) is 0.350. The second kappa shape index (κ2) is 7.65. The number of ether oxygens (including phenoxy) is 6. The van der Waals surface area contributed by atoms with E-state index in [9.17, 15) is 4.79 Å². The van der Waals surface area contributed by atoms with E-state index in [1.165, 1.54) is 35.5 Å². The summed E-state index contributed by atoms with van der Waals surface area (Å²) in [5.41, 5.74) is 1.20. The molecule has 0 amide bonds. The van der Waals surface area contributed by atoms with Crippen LogP contribution in [0.3, 0.4) is 0 Å². The Balaban J connectivity index is 2.08. The molecule has 0 spiro atoms. The van der Waals surface area contributed by atoms with E-state index in [0.29, 0.717) is 40.1 Å². The number of hydrogen-bond donors (Lipinski definition) is 0. The van der Waals surface area contributed by atoms with Crippen LogP contribution in [0.2, 0.25) is 0 Å². The van der Waals surface area contributed by atoms with E-state index in [2.05, 4.69) is 0 Å². The maximum Gasteiger partial charge on any atom is 0.204 e. The number of hydrogen-bond acceptors (Lipinski definition) is 7. The number of carbonyl (C=O) groups excluding carboxylic acids is 1. The monoisotopic (exact) mass is 374 g/mol. The molecule has 1 aliphatic rings. The summed E-state index contributed by atoms with van der Waals surface area (Å²) in [6.45, 7) is 0. The minimum atomic E-state index is -0.528. The summed E-state index contributed by atoms with van der Waals surface area (Å²) in [4.78, 5) is 12.7. The van der Waals surface area contributed by atoms with Gasteiger partial charge in [-0.2, -0.15) is 0 Å². The lowest BCUT2D eigenvalue weighted by Gasteiger charge is -2.28. The first-order valence-corrected chi connectivity index (χ1v) is 8.32. The smallest absolute Gasteiger partial charge is 0.204 e. The summed E-state index contributed by atoms with van der Waals surface area (Å²) < 4.78 is 33.0. The molecule has 0 bridgehead atoms. The maximum atomic E-state index is 12.7. The van der Waals surface area contributed by atoms with Crippen molar-refractivity contribution in [2.75, 3.05) is 35.5 Å². The molecular formula is C20H22O7. The van der Waals surface area contributed by atoms with Crippen molar-refractivity contribution in [1.82, 2.24) is 0 Å². The average Bonchev–Trinajstić information content (AvgIpc) is 2.71. The third-order valence-corrected chi connectivity index (χ3v) is 4.49. The van der Waals surface area contributed by atoms with E-state index in [1.54, 1.807) is 24.3 Å². The summed E-state index contributed by atoms with van der Waals surface area (Å²) in [5.74, 6) is 2.67. The second-order valence-electron chi connectivity index (χ2n) is 5.87. The van der Waals surface area contributed by atoms with Gasteiger partial charge in [-0.1, -0.05) is 0 Å². The lowest BCUT2D eigenvalue weighted by atomic mass is 9.95. The fourth-order valence-corrected chi connectivity index (χ4v) is 3.17. The van der Waals surface area contributed by atoms with Gasteiger partial charge >= 0.3 is 0 Å². The van der Waals surface area contributed by atoms with Crippen molar-refractivity contribution >= 4 is 5.78 Å². The molecule has 2 aromatic carbocycles. The molecule has 2 aromatic rings. The minimum absolute atomic E-state index is 0.0454. The van der Waals surface area contributed by atoms with Gasteiger partial charge in [0.1, 0.15) is 6.10 Å². The maximum absolute atomic E-state index is 12.7. The van der Waals surface area contributed by atoms with Crippen LogP contribution in [0, 0.1) is 0 Å². The van der Waals surface area contributed by atoms with Crippen LogP contribution in [0.15, 0.2) is 24.3 Å². The van der Waals surface area contributed by atoms with Crippen LogP contribution in [0.25, 0.3) is 0 Å². The van der Waals surface area contributed by atoms with Crippen molar-refractivity contribution in [3.8, 4) is 34.5 Å². The first-order chi connectivity index (χ1) is 13.1. The Morgan fingerprint density at radius 2 is 1.41 bits per heavy atom. The zero-order chi connectivity index (χ0) is 19.6. The molecule has 0 saturated carbocycles. The number of benzene rings is 2. The molecule has 0 saturated heterocycles. The molecule has 0 N–H and O–H groups in total. The average molecular weight is 374 g/mol. The third kappa shape index (κ3) is 3.20. The van der Waals surface area contributed by atoms with Gasteiger partial charge in [-0.25, -0.2) is 0 Å². The summed E-state index contributed by atoms with van der Waals surface area (Å²) in [6.07, 6.45) is -0.346. The van der Waals surface area contributed by atoms with Gasteiger partial charge in [0.15, 0.2) is 28.8 Å². The lowest BCUT2D eigenvalue weighted by Crippen LogP contribution is -2.21. The van der Waals surface area contributed by atoms with Crippen LogP contribution in [0.1, 0.15) is 28.4 Å². The van der Waals surface area contributed by atoms with Crippen LogP contribution < -0.4 is 28.4 Å². The Morgan fingerprint density at radius 3 is 1.93 bits per heavy atom. The molecule has 7 nitrogen and oxygen atoms in total. The number of methoxy groups -OCH3 is 5. The molecule has 1 heterocycles. The van der Waals surface area contributed by atoms with Gasteiger partial charge in [0.25, 0.3) is 0 Å². The van der Waals surface area contributed by atoms with Crippen molar-refractivity contribution in [2.24, 2.45) is 0 Å². The molecule has 7 heteroatoms. The number of carbonyl (C=O) groups is 1. The van der Waals surface area contributed by atoms with Crippen LogP contribution in [0.4, 0.5) is 0 Å². The van der Waals surface area contributed by atoms with E-state index < -0.39 is 6.10 Å². The molecule has 0 aromatic heterocycles. The first-order valence-electron chi connectivity index (χ1n) is 8.32. The molecule has 0 aliphatic carbocycles. The van der Waals surface area contributed by atoms with E-state index >= 15 is 0 Å². The Bertz CT molecular complexity index is 835. The molecule has 0 fully saturated rings. The molecule has 1 unspecified atom stereocenters. The third-order valence-electron chi connectivity index (χ3n) is 4.49. The van der Waals surface area contributed by atoms with Gasteiger partial charge < -0.3 is 28.4 Å². The number of ketones is 1. The van der Waals surface area contributed by atoms with Crippen LogP contribution in [-0.4, -0.2) is 41.3 Å². The highest BCUT2D eigenvalue weighted by Crippen LogP contribution is 2.47. The van der Waals surface area contributed by atoms with E-state index in [0.717, 1.165) is 5.56 Å². The largest absolute Gasteiger partial charge is 0.493 e. The summed E-state index contributed by atoms with van der Waals surface area (Å²) in [6, 6.07) is 6.93.